The lowest BCUT2D eigenvalue weighted by Crippen LogP contribution is -2.22. The lowest BCUT2D eigenvalue weighted by atomic mass is 9.99. The number of carbonyl (C=O) groups is 1. The molecule has 4 nitrogen and oxygen atoms in total. The molecule has 3 aromatic rings. The molecule has 0 radical (unpaired) electrons. The van der Waals surface area contributed by atoms with Gasteiger partial charge in [0.1, 0.15) is 11.6 Å². The number of pyridine rings is 1. The van der Waals surface area contributed by atoms with Gasteiger partial charge >= 0.3 is 0 Å². The Morgan fingerprint density at radius 3 is 2.44 bits per heavy atom. The number of rotatable bonds is 7. The van der Waals surface area contributed by atoms with Crippen LogP contribution in [0.5, 0.6) is 0 Å². The van der Waals surface area contributed by atoms with Crippen LogP contribution in [0.25, 0.3) is 0 Å². The van der Waals surface area contributed by atoms with E-state index in [9.17, 15) is 9.18 Å². The number of nitrogens with two attached hydrogens (primary N) is 1. The maximum Gasteiger partial charge on any atom is 0.184 e. The van der Waals surface area contributed by atoms with Crippen molar-refractivity contribution in [3.8, 4) is 0 Å². The van der Waals surface area contributed by atoms with Crippen LogP contribution in [0.4, 0.5) is 10.2 Å². The molecule has 0 saturated heterocycles. The van der Waals surface area contributed by atoms with Crippen molar-refractivity contribution in [1.29, 1.82) is 0 Å². The molecular formula is C22H20FN3O. The number of nitrogens with zero attached hydrogens (tertiary/aromatic N) is 1. The van der Waals surface area contributed by atoms with Crippen LogP contribution in [0.2, 0.25) is 0 Å². The molecule has 3 N–H and O–H groups in total. The summed E-state index contributed by atoms with van der Waals surface area (Å²) in [6.45, 7) is 3.87. The second-order valence-corrected chi connectivity index (χ2v) is 6.09. The highest BCUT2D eigenvalue weighted by atomic mass is 19.1. The third-order valence-electron chi connectivity index (χ3n) is 4.25. The van der Waals surface area contributed by atoms with E-state index in [4.69, 9.17) is 5.73 Å². The van der Waals surface area contributed by atoms with Crippen molar-refractivity contribution >= 4 is 11.6 Å². The number of benzene rings is 2. The van der Waals surface area contributed by atoms with Crippen molar-refractivity contribution in [1.82, 2.24) is 4.98 Å². The summed E-state index contributed by atoms with van der Waals surface area (Å²) in [5.41, 5.74) is 8.17. The van der Waals surface area contributed by atoms with E-state index in [0.29, 0.717) is 16.9 Å². The Balaban J connectivity index is 1.79. The molecule has 2 atom stereocenters. The Morgan fingerprint density at radius 1 is 1.07 bits per heavy atom. The van der Waals surface area contributed by atoms with Crippen molar-refractivity contribution in [2.45, 2.75) is 12.1 Å². The van der Waals surface area contributed by atoms with E-state index in [1.165, 1.54) is 24.3 Å². The normalized spacial score (nSPS) is 12.8. The number of aromatic nitrogens is 1. The number of halogens is 1. The molecule has 0 spiro atoms. The van der Waals surface area contributed by atoms with Gasteiger partial charge in [-0.05, 0) is 47.5 Å². The predicted octanol–water partition coefficient (Wildman–Crippen LogP) is 4.44. The van der Waals surface area contributed by atoms with E-state index in [2.05, 4.69) is 16.9 Å². The standard InChI is InChI=1S/C22H20FN3O/c1-2-19(15-6-4-3-5-7-15)26-20-14-17(12-13-25-20)21(24)22(27)16-8-10-18(23)11-9-16/h2-14,19,21H,1,24H2,(H,25,26). The summed E-state index contributed by atoms with van der Waals surface area (Å²) in [6.07, 6.45) is 3.38. The fourth-order valence-electron chi connectivity index (χ4n) is 2.76. The zero-order valence-electron chi connectivity index (χ0n) is 14.7. The number of Topliss-reactive ketones (excluding diaryl/α,β-unsaturated/α-hetero) is 1. The summed E-state index contributed by atoms with van der Waals surface area (Å²) in [5.74, 6) is -0.0917. The van der Waals surface area contributed by atoms with E-state index >= 15 is 0 Å². The van der Waals surface area contributed by atoms with Gasteiger partial charge in [-0.15, -0.1) is 6.58 Å². The van der Waals surface area contributed by atoms with Crippen LogP contribution in [-0.4, -0.2) is 10.8 Å². The van der Waals surface area contributed by atoms with Crippen molar-refractivity contribution < 1.29 is 9.18 Å². The van der Waals surface area contributed by atoms with Crippen molar-refractivity contribution in [3.05, 3.63) is 108 Å². The summed E-state index contributed by atoms with van der Waals surface area (Å²) in [7, 11) is 0. The monoisotopic (exact) mass is 361 g/mol. The lowest BCUT2D eigenvalue weighted by Gasteiger charge is -2.17. The third-order valence-corrected chi connectivity index (χ3v) is 4.25. The highest BCUT2D eigenvalue weighted by Crippen LogP contribution is 2.22. The van der Waals surface area contributed by atoms with Gasteiger partial charge in [0.05, 0.1) is 12.1 Å². The molecule has 5 heteroatoms. The highest BCUT2D eigenvalue weighted by molar-refractivity contribution is 6.00. The Hall–Kier alpha value is -3.31. The van der Waals surface area contributed by atoms with E-state index < -0.39 is 11.9 Å². The number of hydrogen-bond donors (Lipinski definition) is 2. The molecule has 0 amide bonds. The van der Waals surface area contributed by atoms with Gasteiger partial charge in [-0.3, -0.25) is 4.79 Å². The van der Waals surface area contributed by atoms with Crippen LogP contribution in [0.15, 0.2) is 85.6 Å². The summed E-state index contributed by atoms with van der Waals surface area (Å²) >= 11 is 0. The van der Waals surface area contributed by atoms with Crippen LogP contribution in [-0.2, 0) is 0 Å². The molecule has 0 aliphatic carbocycles. The quantitative estimate of drug-likeness (QED) is 0.482. The first kappa shape index (κ1) is 18.5. The minimum Gasteiger partial charge on any atom is -0.360 e. The molecule has 2 unspecified atom stereocenters. The Morgan fingerprint density at radius 2 is 1.78 bits per heavy atom. The summed E-state index contributed by atoms with van der Waals surface area (Å²) < 4.78 is 13.1. The maximum absolute atomic E-state index is 13.1. The van der Waals surface area contributed by atoms with E-state index in [0.717, 1.165) is 5.56 Å². The number of nitrogens with one attached hydrogen (secondary N) is 1. The molecule has 2 aromatic carbocycles. The average molecular weight is 361 g/mol. The highest BCUT2D eigenvalue weighted by Gasteiger charge is 2.19. The molecule has 136 valence electrons. The zero-order valence-corrected chi connectivity index (χ0v) is 14.7. The topological polar surface area (TPSA) is 68.0 Å². The molecule has 0 saturated carbocycles. The third kappa shape index (κ3) is 4.46. The van der Waals surface area contributed by atoms with Crippen LogP contribution in [0.1, 0.15) is 33.6 Å². The van der Waals surface area contributed by atoms with Gasteiger partial charge in [0.15, 0.2) is 5.78 Å². The predicted molar refractivity (Wildman–Crippen MR) is 105 cm³/mol. The molecule has 1 heterocycles. The molecule has 0 aliphatic heterocycles. The fourth-order valence-corrected chi connectivity index (χ4v) is 2.76. The van der Waals surface area contributed by atoms with Crippen LogP contribution >= 0.6 is 0 Å². The van der Waals surface area contributed by atoms with E-state index in [1.807, 2.05) is 30.3 Å². The van der Waals surface area contributed by atoms with Crippen molar-refractivity contribution in [3.63, 3.8) is 0 Å². The Labute approximate surface area is 157 Å². The van der Waals surface area contributed by atoms with E-state index in [1.54, 1.807) is 24.4 Å². The molecule has 0 aliphatic rings. The van der Waals surface area contributed by atoms with Crippen molar-refractivity contribution in [2.75, 3.05) is 5.32 Å². The van der Waals surface area contributed by atoms with Gasteiger partial charge in [0.2, 0.25) is 0 Å². The van der Waals surface area contributed by atoms with Gasteiger partial charge in [0, 0.05) is 11.8 Å². The molecule has 27 heavy (non-hydrogen) atoms. The molecular weight excluding hydrogens is 341 g/mol. The average Bonchev–Trinajstić information content (AvgIpc) is 2.72. The van der Waals surface area contributed by atoms with E-state index in [-0.39, 0.29) is 11.8 Å². The summed E-state index contributed by atoms with van der Waals surface area (Å²) in [6, 6.07) is 17.6. The van der Waals surface area contributed by atoms with Gasteiger partial charge in [-0.1, -0.05) is 36.4 Å². The number of carbonyl (C=O) groups excluding carboxylic acids is 1. The Bertz CT molecular complexity index is 926. The first-order chi connectivity index (χ1) is 13.1. The molecule has 3 rings (SSSR count). The maximum atomic E-state index is 13.1. The Kier molecular flexibility index (Phi) is 5.74. The smallest absolute Gasteiger partial charge is 0.184 e. The summed E-state index contributed by atoms with van der Waals surface area (Å²) in [5, 5.41) is 3.28. The molecule has 0 fully saturated rings. The summed E-state index contributed by atoms with van der Waals surface area (Å²) in [4.78, 5) is 16.9. The minimum atomic E-state index is -0.863. The lowest BCUT2D eigenvalue weighted by molar-refractivity contribution is 0.0961. The van der Waals surface area contributed by atoms with Gasteiger partial charge in [-0.2, -0.15) is 0 Å². The second kappa shape index (κ2) is 8.38. The van der Waals surface area contributed by atoms with Crippen LogP contribution in [0, 0.1) is 5.82 Å². The van der Waals surface area contributed by atoms with Gasteiger partial charge in [0.25, 0.3) is 0 Å². The zero-order chi connectivity index (χ0) is 19.2. The fraction of sp³-hybridized carbons (Fsp3) is 0.0909. The largest absolute Gasteiger partial charge is 0.360 e. The minimum absolute atomic E-state index is 0.127. The second-order valence-electron chi connectivity index (χ2n) is 6.09. The SMILES string of the molecule is C=CC(Nc1cc(C(N)C(=O)c2ccc(F)cc2)ccn1)c1ccccc1. The van der Waals surface area contributed by atoms with Gasteiger partial charge < -0.3 is 11.1 Å². The number of hydrogen-bond acceptors (Lipinski definition) is 4. The first-order valence-corrected chi connectivity index (χ1v) is 8.54. The molecule has 1 aromatic heterocycles. The molecule has 0 bridgehead atoms. The van der Waals surface area contributed by atoms with Gasteiger partial charge in [-0.25, -0.2) is 9.37 Å². The number of anilines is 1. The van der Waals surface area contributed by atoms with Crippen LogP contribution < -0.4 is 11.1 Å². The number of ketones is 1. The van der Waals surface area contributed by atoms with Crippen LogP contribution in [0.3, 0.4) is 0 Å². The first-order valence-electron chi connectivity index (χ1n) is 8.54. The van der Waals surface area contributed by atoms with Crippen molar-refractivity contribution in [2.24, 2.45) is 5.73 Å².